The maximum absolute atomic E-state index is 5.26. The number of methoxy groups -OCH3 is 1. The summed E-state index contributed by atoms with van der Waals surface area (Å²) in [6.07, 6.45) is 4.36. The molecular formula is C12H20N4O. The van der Waals surface area contributed by atoms with Crippen LogP contribution in [0.1, 0.15) is 25.3 Å². The van der Waals surface area contributed by atoms with Crippen LogP contribution >= 0.6 is 0 Å². The van der Waals surface area contributed by atoms with Gasteiger partial charge in [0.25, 0.3) is 0 Å². The molecule has 1 saturated carbocycles. The number of anilines is 2. The average Bonchev–Trinajstić information content (AvgIpc) is 2.27. The van der Waals surface area contributed by atoms with E-state index in [0.717, 1.165) is 30.8 Å². The molecule has 0 radical (unpaired) electrons. The number of nitrogens with zero attached hydrogens (tertiary/aromatic N) is 2. The van der Waals surface area contributed by atoms with Crippen LogP contribution in [0.2, 0.25) is 0 Å². The first-order valence-corrected chi connectivity index (χ1v) is 6.09. The third kappa shape index (κ3) is 2.85. The maximum atomic E-state index is 5.26. The van der Waals surface area contributed by atoms with E-state index in [1.807, 2.05) is 20.0 Å². The van der Waals surface area contributed by atoms with Gasteiger partial charge in [-0.05, 0) is 26.7 Å². The van der Waals surface area contributed by atoms with Crippen molar-refractivity contribution in [3.05, 3.63) is 11.8 Å². The largest absolute Gasteiger partial charge is 0.381 e. The fourth-order valence-electron chi connectivity index (χ4n) is 1.90. The van der Waals surface area contributed by atoms with E-state index in [4.69, 9.17) is 4.74 Å². The Morgan fingerprint density at radius 2 is 2.24 bits per heavy atom. The molecule has 1 aromatic heterocycles. The normalized spacial score (nSPS) is 23.0. The van der Waals surface area contributed by atoms with Crippen molar-refractivity contribution in [3.8, 4) is 0 Å². The molecule has 2 N–H and O–H groups in total. The van der Waals surface area contributed by atoms with Gasteiger partial charge in [0.15, 0.2) is 0 Å². The van der Waals surface area contributed by atoms with Gasteiger partial charge in [0, 0.05) is 31.5 Å². The Labute approximate surface area is 102 Å². The number of rotatable bonds is 5. The molecule has 1 aliphatic carbocycles. The van der Waals surface area contributed by atoms with Crippen LogP contribution in [0.4, 0.5) is 11.8 Å². The van der Waals surface area contributed by atoms with Gasteiger partial charge in [-0.3, -0.25) is 0 Å². The molecule has 0 spiro atoms. The molecule has 17 heavy (non-hydrogen) atoms. The summed E-state index contributed by atoms with van der Waals surface area (Å²) < 4.78 is 5.26. The minimum atomic E-state index is 0.405. The molecular weight excluding hydrogens is 216 g/mol. The van der Waals surface area contributed by atoms with E-state index in [2.05, 4.69) is 20.6 Å². The molecule has 0 saturated heterocycles. The summed E-state index contributed by atoms with van der Waals surface area (Å²) in [7, 11) is 1.76. The zero-order chi connectivity index (χ0) is 12.3. The maximum Gasteiger partial charge on any atom is 0.224 e. The summed E-state index contributed by atoms with van der Waals surface area (Å²) in [6.45, 7) is 4.88. The van der Waals surface area contributed by atoms with Crippen molar-refractivity contribution in [2.24, 2.45) is 0 Å². The van der Waals surface area contributed by atoms with Crippen molar-refractivity contribution in [2.75, 3.05) is 24.3 Å². The predicted molar refractivity (Wildman–Crippen MR) is 68.4 cm³/mol. The molecule has 5 heteroatoms. The third-order valence-corrected chi connectivity index (χ3v) is 3.08. The summed E-state index contributed by atoms with van der Waals surface area (Å²) in [5, 5.41) is 6.56. The fourth-order valence-corrected chi connectivity index (χ4v) is 1.90. The van der Waals surface area contributed by atoms with Gasteiger partial charge in [-0.2, -0.15) is 4.98 Å². The van der Waals surface area contributed by atoms with Gasteiger partial charge < -0.3 is 15.4 Å². The summed E-state index contributed by atoms with van der Waals surface area (Å²) in [6, 6.07) is 0.475. The molecule has 0 bridgehead atoms. The Morgan fingerprint density at radius 1 is 1.47 bits per heavy atom. The average molecular weight is 236 g/mol. The molecule has 2 rings (SSSR count). The number of ether oxygens (including phenoxy) is 1. The first kappa shape index (κ1) is 12.1. The van der Waals surface area contributed by atoms with Gasteiger partial charge in [-0.15, -0.1) is 0 Å². The summed E-state index contributed by atoms with van der Waals surface area (Å²) in [5.41, 5.74) is 1.08. The molecule has 5 nitrogen and oxygen atoms in total. The van der Waals surface area contributed by atoms with E-state index in [1.165, 1.54) is 0 Å². The molecule has 0 aromatic carbocycles. The molecule has 1 fully saturated rings. The lowest BCUT2D eigenvalue weighted by Crippen LogP contribution is -2.40. The highest BCUT2D eigenvalue weighted by Crippen LogP contribution is 2.26. The molecule has 0 unspecified atom stereocenters. The van der Waals surface area contributed by atoms with Gasteiger partial charge in [0.05, 0.1) is 6.10 Å². The summed E-state index contributed by atoms with van der Waals surface area (Å²) >= 11 is 0. The van der Waals surface area contributed by atoms with Crippen molar-refractivity contribution in [1.82, 2.24) is 9.97 Å². The number of aryl methyl sites for hydroxylation is 1. The lowest BCUT2D eigenvalue weighted by atomic mass is 9.89. The first-order valence-electron chi connectivity index (χ1n) is 6.09. The standard InChI is InChI=1S/C12H20N4O/c1-4-13-12-14-7-8(2)11(16-12)15-9-5-10(6-9)17-3/h7,9-10H,4-6H2,1-3H3,(H2,13,14,15,16). The molecule has 1 aromatic rings. The molecule has 1 aliphatic rings. The van der Waals surface area contributed by atoms with Crippen LogP contribution in [0.15, 0.2) is 6.20 Å². The van der Waals surface area contributed by atoms with Gasteiger partial charge >= 0.3 is 0 Å². The van der Waals surface area contributed by atoms with E-state index >= 15 is 0 Å². The van der Waals surface area contributed by atoms with Crippen molar-refractivity contribution in [3.63, 3.8) is 0 Å². The Morgan fingerprint density at radius 3 is 2.88 bits per heavy atom. The second-order valence-corrected chi connectivity index (χ2v) is 4.43. The molecule has 94 valence electrons. The van der Waals surface area contributed by atoms with Gasteiger partial charge in [0.2, 0.25) is 5.95 Å². The van der Waals surface area contributed by atoms with Crippen LogP contribution in [-0.4, -0.2) is 35.8 Å². The minimum Gasteiger partial charge on any atom is -0.381 e. The van der Waals surface area contributed by atoms with Crippen LogP contribution in [0.25, 0.3) is 0 Å². The van der Waals surface area contributed by atoms with Crippen LogP contribution < -0.4 is 10.6 Å². The van der Waals surface area contributed by atoms with Crippen molar-refractivity contribution < 1.29 is 4.74 Å². The highest BCUT2D eigenvalue weighted by atomic mass is 16.5. The van der Waals surface area contributed by atoms with Crippen LogP contribution in [0, 0.1) is 6.92 Å². The third-order valence-electron chi connectivity index (χ3n) is 3.08. The monoisotopic (exact) mass is 236 g/mol. The van der Waals surface area contributed by atoms with Gasteiger partial charge in [-0.1, -0.05) is 0 Å². The van der Waals surface area contributed by atoms with E-state index in [0.29, 0.717) is 18.1 Å². The van der Waals surface area contributed by atoms with Gasteiger partial charge in [0.1, 0.15) is 5.82 Å². The van der Waals surface area contributed by atoms with E-state index in [9.17, 15) is 0 Å². The van der Waals surface area contributed by atoms with Crippen LogP contribution in [-0.2, 0) is 4.74 Å². The summed E-state index contributed by atoms with van der Waals surface area (Å²) in [5.74, 6) is 1.61. The Hall–Kier alpha value is -1.36. The SMILES string of the molecule is CCNc1ncc(C)c(NC2CC(OC)C2)n1. The van der Waals surface area contributed by atoms with E-state index in [-0.39, 0.29) is 0 Å². The lowest BCUT2D eigenvalue weighted by Gasteiger charge is -2.35. The van der Waals surface area contributed by atoms with Crippen molar-refractivity contribution >= 4 is 11.8 Å². The van der Waals surface area contributed by atoms with E-state index < -0.39 is 0 Å². The second-order valence-electron chi connectivity index (χ2n) is 4.43. The number of aromatic nitrogens is 2. The zero-order valence-electron chi connectivity index (χ0n) is 10.7. The predicted octanol–water partition coefficient (Wildman–Crippen LogP) is 1.81. The summed E-state index contributed by atoms with van der Waals surface area (Å²) in [4.78, 5) is 8.68. The van der Waals surface area contributed by atoms with Gasteiger partial charge in [-0.25, -0.2) is 4.98 Å². The first-order chi connectivity index (χ1) is 8.22. The topological polar surface area (TPSA) is 59.1 Å². The number of hydrogen-bond donors (Lipinski definition) is 2. The Bertz CT molecular complexity index is 377. The smallest absolute Gasteiger partial charge is 0.224 e. The highest BCUT2D eigenvalue weighted by Gasteiger charge is 2.29. The Kier molecular flexibility index (Phi) is 3.78. The fraction of sp³-hybridized carbons (Fsp3) is 0.667. The van der Waals surface area contributed by atoms with Crippen molar-refractivity contribution in [2.45, 2.75) is 38.8 Å². The van der Waals surface area contributed by atoms with Crippen LogP contribution in [0.5, 0.6) is 0 Å². The quantitative estimate of drug-likeness (QED) is 0.816. The highest BCUT2D eigenvalue weighted by molar-refractivity contribution is 5.47. The van der Waals surface area contributed by atoms with Crippen LogP contribution in [0.3, 0.4) is 0 Å². The lowest BCUT2D eigenvalue weighted by molar-refractivity contribution is 0.0328. The Balaban J connectivity index is 1.97. The van der Waals surface area contributed by atoms with Crippen molar-refractivity contribution in [1.29, 1.82) is 0 Å². The number of hydrogen-bond acceptors (Lipinski definition) is 5. The second kappa shape index (κ2) is 5.31. The molecule has 1 heterocycles. The molecule has 0 aliphatic heterocycles. The molecule has 0 amide bonds. The number of nitrogens with one attached hydrogen (secondary N) is 2. The zero-order valence-corrected chi connectivity index (χ0v) is 10.7. The minimum absolute atomic E-state index is 0.405. The molecule has 0 atom stereocenters. The van der Waals surface area contributed by atoms with E-state index in [1.54, 1.807) is 7.11 Å².